The van der Waals surface area contributed by atoms with Crippen LogP contribution in [-0.2, 0) is 22.9 Å². The average Bonchev–Trinajstić information content (AvgIpc) is 2.85. The van der Waals surface area contributed by atoms with E-state index in [1.165, 1.54) is 5.56 Å². The van der Waals surface area contributed by atoms with Crippen LogP contribution in [0, 0.1) is 0 Å². The van der Waals surface area contributed by atoms with Crippen LogP contribution in [-0.4, -0.2) is 18.9 Å². The quantitative estimate of drug-likeness (QED) is 0.815. The molecule has 1 aliphatic carbocycles. The molecule has 110 valence electrons. The molecule has 1 unspecified atom stereocenters. The maximum Gasteiger partial charge on any atom is 0.241 e. The number of thiocarbonyl (C=S) groups is 1. The molecule has 0 spiro atoms. The largest absolute Gasteiger partial charge is 0.392 e. The van der Waals surface area contributed by atoms with Crippen molar-refractivity contribution in [2.75, 3.05) is 0 Å². The number of fused-ring (bicyclic) bond motifs is 1. The molecule has 0 aromatic heterocycles. The summed E-state index contributed by atoms with van der Waals surface area (Å²) in [7, 11) is -3.61. The van der Waals surface area contributed by atoms with E-state index in [2.05, 4.69) is 4.72 Å². The molecule has 1 atom stereocenters. The van der Waals surface area contributed by atoms with Crippen LogP contribution in [0.15, 0.2) is 23.1 Å². The molecule has 0 fully saturated rings. The first-order valence-corrected chi connectivity index (χ1v) is 8.63. The number of nitrogens with one attached hydrogen (secondary N) is 1. The highest BCUT2D eigenvalue weighted by Gasteiger charge is 2.32. The molecule has 20 heavy (non-hydrogen) atoms. The van der Waals surface area contributed by atoms with E-state index >= 15 is 0 Å². The van der Waals surface area contributed by atoms with Gasteiger partial charge in [0.25, 0.3) is 0 Å². The zero-order valence-electron chi connectivity index (χ0n) is 11.8. The van der Waals surface area contributed by atoms with E-state index in [4.69, 9.17) is 18.0 Å². The second-order valence-electron chi connectivity index (χ2n) is 5.44. The van der Waals surface area contributed by atoms with Gasteiger partial charge in [-0.05, 0) is 55.9 Å². The minimum absolute atomic E-state index is 0.157. The average molecular weight is 312 g/mol. The van der Waals surface area contributed by atoms with Crippen LogP contribution in [0.5, 0.6) is 0 Å². The van der Waals surface area contributed by atoms with Gasteiger partial charge in [0.05, 0.1) is 15.4 Å². The van der Waals surface area contributed by atoms with E-state index in [0.717, 1.165) is 24.8 Å². The van der Waals surface area contributed by atoms with Gasteiger partial charge in [0.1, 0.15) is 0 Å². The van der Waals surface area contributed by atoms with Crippen LogP contribution >= 0.6 is 12.2 Å². The van der Waals surface area contributed by atoms with Gasteiger partial charge < -0.3 is 5.73 Å². The van der Waals surface area contributed by atoms with E-state index < -0.39 is 15.6 Å². The number of benzene rings is 1. The summed E-state index contributed by atoms with van der Waals surface area (Å²) in [4.78, 5) is 0.443. The van der Waals surface area contributed by atoms with Gasteiger partial charge in [-0.25, -0.2) is 8.42 Å². The highest BCUT2D eigenvalue weighted by Crippen LogP contribution is 2.25. The molecule has 3 N–H and O–H groups in total. The summed E-state index contributed by atoms with van der Waals surface area (Å²) in [6.07, 6.45) is 3.57. The summed E-state index contributed by atoms with van der Waals surface area (Å²) in [5.74, 6) is 0. The number of hydrogen-bond donors (Lipinski definition) is 2. The van der Waals surface area contributed by atoms with Gasteiger partial charge in [-0.3, -0.25) is 0 Å². The highest BCUT2D eigenvalue weighted by atomic mass is 32.2. The summed E-state index contributed by atoms with van der Waals surface area (Å²) in [5.41, 5.74) is 7.14. The van der Waals surface area contributed by atoms with Gasteiger partial charge in [0.2, 0.25) is 10.0 Å². The van der Waals surface area contributed by atoms with Crippen LogP contribution < -0.4 is 10.5 Å². The Morgan fingerprint density at radius 1 is 1.40 bits per heavy atom. The second-order valence-corrected chi connectivity index (χ2v) is 7.56. The number of sulfonamides is 1. The molecule has 4 nitrogen and oxygen atoms in total. The number of rotatable bonds is 5. The third kappa shape index (κ3) is 2.87. The third-order valence-corrected chi connectivity index (χ3v) is 6.04. The van der Waals surface area contributed by atoms with E-state index in [1.807, 2.05) is 13.0 Å². The molecule has 1 aliphatic rings. The lowest BCUT2D eigenvalue weighted by Crippen LogP contribution is -2.53. The number of aryl methyl sites for hydroxylation is 2. The monoisotopic (exact) mass is 312 g/mol. The first-order valence-electron chi connectivity index (χ1n) is 6.74. The molecule has 1 aromatic rings. The molecule has 0 bridgehead atoms. The summed E-state index contributed by atoms with van der Waals surface area (Å²) in [5, 5.41) is 0. The molecule has 0 saturated carbocycles. The van der Waals surface area contributed by atoms with E-state index in [9.17, 15) is 8.42 Å². The standard InChI is InChI=1S/C14H20N2O2S2/c1-3-14(2,13(15)19)16-20(17,18)12-8-7-10-5-4-6-11(10)9-12/h7-9,16H,3-6H2,1-2H3,(H2,15,19). The summed E-state index contributed by atoms with van der Waals surface area (Å²) in [6.45, 7) is 3.56. The highest BCUT2D eigenvalue weighted by molar-refractivity contribution is 7.89. The second kappa shape index (κ2) is 5.42. The molecule has 0 amide bonds. The van der Waals surface area contributed by atoms with Crippen molar-refractivity contribution in [1.29, 1.82) is 0 Å². The van der Waals surface area contributed by atoms with Gasteiger partial charge in [0, 0.05) is 0 Å². The van der Waals surface area contributed by atoms with Crippen LogP contribution in [0.1, 0.15) is 37.8 Å². The predicted molar refractivity (Wildman–Crippen MR) is 84.3 cm³/mol. The van der Waals surface area contributed by atoms with Crippen molar-refractivity contribution < 1.29 is 8.42 Å². The van der Waals surface area contributed by atoms with Gasteiger partial charge in [0.15, 0.2) is 0 Å². The number of nitrogens with two attached hydrogens (primary N) is 1. The Balaban J connectivity index is 2.33. The molecule has 0 saturated heterocycles. The van der Waals surface area contributed by atoms with E-state index in [-0.39, 0.29) is 9.88 Å². The predicted octanol–water partition coefficient (Wildman–Crippen LogP) is 1.91. The molecule has 0 radical (unpaired) electrons. The van der Waals surface area contributed by atoms with Gasteiger partial charge >= 0.3 is 0 Å². The first-order chi connectivity index (χ1) is 9.28. The number of hydrogen-bond acceptors (Lipinski definition) is 3. The van der Waals surface area contributed by atoms with Crippen molar-refractivity contribution in [2.24, 2.45) is 5.73 Å². The van der Waals surface area contributed by atoms with Gasteiger partial charge in [-0.1, -0.05) is 25.2 Å². The topological polar surface area (TPSA) is 72.2 Å². The Hall–Kier alpha value is -0.980. The fourth-order valence-electron chi connectivity index (χ4n) is 2.37. The minimum Gasteiger partial charge on any atom is -0.392 e. The van der Waals surface area contributed by atoms with Gasteiger partial charge in [-0.15, -0.1) is 0 Å². The van der Waals surface area contributed by atoms with Crippen molar-refractivity contribution in [2.45, 2.75) is 50.0 Å². The van der Waals surface area contributed by atoms with Crippen molar-refractivity contribution in [3.8, 4) is 0 Å². The SMILES string of the molecule is CCC(C)(NS(=O)(=O)c1ccc2c(c1)CCC2)C(N)=S. The lowest BCUT2D eigenvalue weighted by atomic mass is 10.0. The van der Waals surface area contributed by atoms with E-state index in [0.29, 0.717) is 6.42 Å². The summed E-state index contributed by atoms with van der Waals surface area (Å²) >= 11 is 4.98. The molecule has 6 heteroatoms. The van der Waals surface area contributed by atoms with Crippen LogP contribution in [0.2, 0.25) is 0 Å². The lowest BCUT2D eigenvalue weighted by Gasteiger charge is -2.28. The van der Waals surface area contributed by atoms with Crippen molar-refractivity contribution in [1.82, 2.24) is 4.72 Å². The van der Waals surface area contributed by atoms with Crippen molar-refractivity contribution in [3.63, 3.8) is 0 Å². The fourth-order valence-corrected chi connectivity index (χ4v) is 4.14. The van der Waals surface area contributed by atoms with Crippen LogP contribution in [0.25, 0.3) is 0 Å². The maximum absolute atomic E-state index is 12.5. The first kappa shape index (κ1) is 15.4. The third-order valence-electron chi connectivity index (χ3n) is 3.99. The zero-order valence-corrected chi connectivity index (χ0v) is 13.4. The van der Waals surface area contributed by atoms with Crippen molar-refractivity contribution >= 4 is 27.2 Å². The molecule has 2 rings (SSSR count). The lowest BCUT2D eigenvalue weighted by molar-refractivity contribution is 0.511. The molecular formula is C14H20N2O2S2. The fraction of sp³-hybridized carbons (Fsp3) is 0.500. The van der Waals surface area contributed by atoms with Crippen LogP contribution in [0.4, 0.5) is 0 Å². The molecule has 0 aliphatic heterocycles. The Kier molecular flexibility index (Phi) is 4.18. The van der Waals surface area contributed by atoms with Crippen LogP contribution in [0.3, 0.4) is 0 Å². The summed E-state index contributed by atoms with van der Waals surface area (Å²) in [6, 6.07) is 5.32. The van der Waals surface area contributed by atoms with Gasteiger partial charge in [-0.2, -0.15) is 4.72 Å². The Morgan fingerprint density at radius 2 is 2.05 bits per heavy atom. The summed E-state index contributed by atoms with van der Waals surface area (Å²) < 4.78 is 27.6. The maximum atomic E-state index is 12.5. The smallest absolute Gasteiger partial charge is 0.241 e. The molecular weight excluding hydrogens is 292 g/mol. The molecule has 1 aromatic carbocycles. The normalized spacial score (nSPS) is 17.5. The van der Waals surface area contributed by atoms with E-state index in [1.54, 1.807) is 19.1 Å². The molecule has 0 heterocycles. The minimum atomic E-state index is -3.61. The zero-order chi connectivity index (χ0) is 15.0. The Morgan fingerprint density at radius 3 is 2.65 bits per heavy atom. The Bertz CT molecular complexity index is 641. The Labute approximate surface area is 125 Å². The van der Waals surface area contributed by atoms with Crippen molar-refractivity contribution in [3.05, 3.63) is 29.3 Å².